The summed E-state index contributed by atoms with van der Waals surface area (Å²) in [5, 5.41) is 6.99. The summed E-state index contributed by atoms with van der Waals surface area (Å²) in [6.45, 7) is 0.992. The molecule has 126 valence electrons. The van der Waals surface area contributed by atoms with Gasteiger partial charge >= 0.3 is 0 Å². The zero-order valence-electron chi connectivity index (χ0n) is 13.1. The first-order chi connectivity index (χ1) is 12.2. The van der Waals surface area contributed by atoms with Gasteiger partial charge in [0, 0.05) is 18.0 Å². The molecular weight excluding hydrogens is 325 g/mol. The van der Waals surface area contributed by atoms with Crippen molar-refractivity contribution < 1.29 is 18.7 Å². The summed E-state index contributed by atoms with van der Waals surface area (Å²) in [7, 11) is 0. The van der Waals surface area contributed by atoms with E-state index >= 15 is 0 Å². The Morgan fingerprint density at radius 1 is 1.04 bits per heavy atom. The topological polar surface area (TPSA) is 65.4 Å². The van der Waals surface area contributed by atoms with Crippen LogP contribution in [0.15, 0.2) is 54.7 Å². The van der Waals surface area contributed by atoms with Crippen LogP contribution in [0.2, 0.25) is 0 Å². The summed E-state index contributed by atoms with van der Waals surface area (Å²) < 4.78 is 25.4. The normalized spacial score (nSPS) is 12.7. The van der Waals surface area contributed by atoms with Gasteiger partial charge in [-0.25, -0.2) is 9.07 Å². The molecule has 0 bridgehead atoms. The Labute approximate surface area is 142 Å². The van der Waals surface area contributed by atoms with Crippen LogP contribution in [-0.4, -0.2) is 28.9 Å². The molecule has 1 aromatic heterocycles. The largest absolute Gasteiger partial charge is 0.486 e. The third kappa shape index (κ3) is 3.16. The lowest BCUT2D eigenvalue weighted by molar-refractivity contribution is 0.102. The first-order valence-electron chi connectivity index (χ1n) is 7.72. The number of benzene rings is 2. The van der Waals surface area contributed by atoms with Gasteiger partial charge in [0.25, 0.3) is 5.91 Å². The van der Waals surface area contributed by atoms with Crippen LogP contribution >= 0.6 is 0 Å². The lowest BCUT2D eigenvalue weighted by Gasteiger charge is -2.18. The van der Waals surface area contributed by atoms with E-state index in [-0.39, 0.29) is 17.4 Å². The van der Waals surface area contributed by atoms with Crippen LogP contribution < -0.4 is 14.8 Å². The predicted molar refractivity (Wildman–Crippen MR) is 88.9 cm³/mol. The standard InChI is InChI=1S/C18H14FN3O3/c19-12-1-4-14(5-2-12)22-8-7-15(21-22)18(23)20-13-3-6-16-17(11-13)25-10-9-24-16/h1-8,11H,9-10H2,(H,20,23). The average molecular weight is 339 g/mol. The number of amides is 1. The summed E-state index contributed by atoms with van der Waals surface area (Å²) in [5.41, 5.74) is 1.50. The maximum absolute atomic E-state index is 13.0. The molecule has 1 amide bonds. The molecule has 4 rings (SSSR count). The lowest BCUT2D eigenvalue weighted by Crippen LogP contribution is -2.16. The Morgan fingerprint density at radius 2 is 1.80 bits per heavy atom. The molecule has 0 saturated carbocycles. The summed E-state index contributed by atoms with van der Waals surface area (Å²) in [5.74, 6) is 0.579. The van der Waals surface area contributed by atoms with Crippen LogP contribution in [0.4, 0.5) is 10.1 Å². The van der Waals surface area contributed by atoms with E-state index in [9.17, 15) is 9.18 Å². The van der Waals surface area contributed by atoms with E-state index in [0.29, 0.717) is 36.1 Å². The van der Waals surface area contributed by atoms with Gasteiger partial charge in [-0.2, -0.15) is 5.10 Å². The molecular formula is C18H14FN3O3. The second-order valence-electron chi connectivity index (χ2n) is 5.43. The molecule has 0 saturated heterocycles. The minimum atomic E-state index is -0.350. The van der Waals surface area contributed by atoms with Crippen LogP contribution in [0, 0.1) is 5.82 Å². The van der Waals surface area contributed by atoms with Crippen molar-refractivity contribution in [3.63, 3.8) is 0 Å². The third-order valence-electron chi connectivity index (χ3n) is 3.71. The third-order valence-corrected chi connectivity index (χ3v) is 3.71. The molecule has 25 heavy (non-hydrogen) atoms. The van der Waals surface area contributed by atoms with Gasteiger partial charge in [-0.05, 0) is 42.5 Å². The first kappa shape index (κ1) is 15.2. The maximum atomic E-state index is 13.0. The molecule has 2 aromatic carbocycles. The fourth-order valence-electron chi connectivity index (χ4n) is 2.50. The Kier molecular flexibility index (Phi) is 3.81. The molecule has 1 aliphatic heterocycles. The van der Waals surface area contributed by atoms with Gasteiger partial charge in [0.2, 0.25) is 0 Å². The van der Waals surface area contributed by atoms with Gasteiger partial charge in [0.1, 0.15) is 19.0 Å². The predicted octanol–water partition coefficient (Wildman–Crippen LogP) is 3.03. The quantitative estimate of drug-likeness (QED) is 0.797. The number of anilines is 1. The van der Waals surface area contributed by atoms with Crippen molar-refractivity contribution in [1.29, 1.82) is 0 Å². The number of halogens is 1. The SMILES string of the molecule is O=C(Nc1ccc2c(c1)OCCO2)c1ccn(-c2ccc(F)cc2)n1. The molecule has 3 aromatic rings. The summed E-state index contributed by atoms with van der Waals surface area (Å²) in [4.78, 5) is 12.4. The van der Waals surface area contributed by atoms with E-state index in [1.165, 1.54) is 16.8 Å². The van der Waals surface area contributed by atoms with Crippen LogP contribution in [0.3, 0.4) is 0 Å². The average Bonchev–Trinajstić information content (AvgIpc) is 3.12. The summed E-state index contributed by atoms with van der Waals surface area (Å²) in [6, 6.07) is 12.7. The van der Waals surface area contributed by atoms with Crippen molar-refractivity contribution in [3.8, 4) is 17.2 Å². The van der Waals surface area contributed by atoms with Crippen molar-refractivity contribution in [2.75, 3.05) is 18.5 Å². The van der Waals surface area contributed by atoms with Crippen LogP contribution in [0.1, 0.15) is 10.5 Å². The number of rotatable bonds is 3. The molecule has 0 spiro atoms. The minimum absolute atomic E-state index is 0.249. The van der Waals surface area contributed by atoms with Crippen LogP contribution in [-0.2, 0) is 0 Å². The van der Waals surface area contributed by atoms with Crippen LogP contribution in [0.5, 0.6) is 11.5 Å². The molecule has 0 aliphatic carbocycles. The molecule has 2 heterocycles. The second-order valence-corrected chi connectivity index (χ2v) is 5.43. The number of nitrogens with one attached hydrogen (secondary N) is 1. The van der Waals surface area contributed by atoms with Crippen molar-refractivity contribution in [3.05, 3.63) is 66.2 Å². The van der Waals surface area contributed by atoms with E-state index in [1.54, 1.807) is 42.6 Å². The number of nitrogens with zero attached hydrogens (tertiary/aromatic N) is 2. The van der Waals surface area contributed by atoms with Gasteiger partial charge in [0.15, 0.2) is 17.2 Å². The Morgan fingerprint density at radius 3 is 2.60 bits per heavy atom. The van der Waals surface area contributed by atoms with E-state index in [2.05, 4.69) is 10.4 Å². The van der Waals surface area contributed by atoms with E-state index in [0.717, 1.165) is 0 Å². The highest BCUT2D eigenvalue weighted by Gasteiger charge is 2.15. The monoisotopic (exact) mass is 339 g/mol. The van der Waals surface area contributed by atoms with Crippen molar-refractivity contribution in [1.82, 2.24) is 9.78 Å². The molecule has 7 heteroatoms. The van der Waals surface area contributed by atoms with Crippen molar-refractivity contribution >= 4 is 11.6 Å². The smallest absolute Gasteiger partial charge is 0.276 e. The molecule has 1 aliphatic rings. The number of hydrogen-bond acceptors (Lipinski definition) is 4. The summed E-state index contributed by atoms with van der Waals surface area (Å²) in [6.07, 6.45) is 1.64. The molecule has 6 nitrogen and oxygen atoms in total. The molecule has 0 fully saturated rings. The zero-order chi connectivity index (χ0) is 17.2. The fourth-order valence-corrected chi connectivity index (χ4v) is 2.50. The molecule has 0 atom stereocenters. The van der Waals surface area contributed by atoms with Gasteiger partial charge in [-0.15, -0.1) is 0 Å². The van der Waals surface area contributed by atoms with Crippen molar-refractivity contribution in [2.24, 2.45) is 0 Å². The van der Waals surface area contributed by atoms with E-state index < -0.39 is 0 Å². The first-order valence-corrected chi connectivity index (χ1v) is 7.72. The fraction of sp³-hybridized carbons (Fsp3) is 0.111. The van der Waals surface area contributed by atoms with Gasteiger partial charge in [-0.3, -0.25) is 4.79 Å². The Hall–Kier alpha value is -3.35. The maximum Gasteiger partial charge on any atom is 0.276 e. The zero-order valence-corrected chi connectivity index (χ0v) is 13.1. The highest BCUT2D eigenvalue weighted by Crippen LogP contribution is 2.32. The lowest BCUT2D eigenvalue weighted by atomic mass is 10.2. The number of ether oxygens (including phenoxy) is 2. The van der Waals surface area contributed by atoms with Crippen LogP contribution in [0.25, 0.3) is 5.69 Å². The number of aromatic nitrogens is 2. The highest BCUT2D eigenvalue weighted by molar-refractivity contribution is 6.03. The number of carbonyl (C=O) groups excluding carboxylic acids is 1. The minimum Gasteiger partial charge on any atom is -0.486 e. The molecule has 1 N–H and O–H groups in total. The Bertz CT molecular complexity index is 922. The van der Waals surface area contributed by atoms with Gasteiger partial charge in [-0.1, -0.05) is 0 Å². The van der Waals surface area contributed by atoms with E-state index in [4.69, 9.17) is 9.47 Å². The molecule has 0 unspecified atom stereocenters. The van der Waals surface area contributed by atoms with Gasteiger partial charge < -0.3 is 14.8 Å². The van der Waals surface area contributed by atoms with E-state index in [1.807, 2.05) is 0 Å². The molecule has 0 radical (unpaired) electrons. The highest BCUT2D eigenvalue weighted by atomic mass is 19.1. The summed E-state index contributed by atoms with van der Waals surface area (Å²) >= 11 is 0. The Balaban J connectivity index is 1.51. The number of fused-ring (bicyclic) bond motifs is 1. The van der Waals surface area contributed by atoms with Gasteiger partial charge in [0.05, 0.1) is 5.69 Å². The number of carbonyl (C=O) groups is 1. The van der Waals surface area contributed by atoms with Crippen molar-refractivity contribution in [2.45, 2.75) is 0 Å². The second kappa shape index (κ2) is 6.27. The number of hydrogen-bond donors (Lipinski definition) is 1.